The number of amides is 1. The maximum absolute atomic E-state index is 11.7. The van der Waals surface area contributed by atoms with E-state index in [1.54, 1.807) is 0 Å². The number of ether oxygens (including phenoxy) is 1. The van der Waals surface area contributed by atoms with Gasteiger partial charge in [0.05, 0.1) is 0 Å². The minimum Gasteiger partial charge on any atom is -0.483 e. The monoisotopic (exact) mass is 267 g/mol. The van der Waals surface area contributed by atoms with Crippen LogP contribution in [-0.4, -0.2) is 18.6 Å². The van der Waals surface area contributed by atoms with Crippen molar-refractivity contribution in [1.82, 2.24) is 5.32 Å². The van der Waals surface area contributed by atoms with Crippen molar-refractivity contribution in [3.8, 4) is 16.9 Å². The summed E-state index contributed by atoms with van der Waals surface area (Å²) in [6, 6.07) is 18.2. The van der Waals surface area contributed by atoms with Crippen molar-refractivity contribution in [1.29, 1.82) is 0 Å². The summed E-state index contributed by atoms with van der Waals surface area (Å²) >= 11 is 0. The van der Waals surface area contributed by atoms with Gasteiger partial charge in [0.25, 0.3) is 5.91 Å². The van der Waals surface area contributed by atoms with E-state index in [1.165, 1.54) is 0 Å². The molecular weight excluding hydrogens is 250 g/mol. The number of hydrogen-bond donors (Lipinski definition) is 1. The fraction of sp³-hybridized carbons (Fsp3) is 0.235. The van der Waals surface area contributed by atoms with Crippen LogP contribution in [0.2, 0.25) is 0 Å². The van der Waals surface area contributed by atoms with Gasteiger partial charge in [-0.15, -0.1) is 0 Å². The first-order valence-electron chi connectivity index (χ1n) is 6.89. The molecule has 3 nitrogen and oxygen atoms in total. The van der Waals surface area contributed by atoms with Crippen LogP contribution in [0.3, 0.4) is 0 Å². The molecule has 1 amide bonds. The molecule has 2 aromatic rings. The molecule has 0 saturated heterocycles. The molecule has 0 unspecified atom stereocenters. The number of hydrogen-bond acceptors (Lipinski definition) is 2. The van der Waals surface area contributed by atoms with Gasteiger partial charge in [0, 0.05) is 11.6 Å². The normalized spacial score (nSPS) is 13.8. The molecule has 1 aliphatic rings. The third-order valence-electron chi connectivity index (χ3n) is 3.27. The van der Waals surface area contributed by atoms with Gasteiger partial charge in [-0.3, -0.25) is 4.79 Å². The van der Waals surface area contributed by atoms with Crippen LogP contribution in [0.5, 0.6) is 5.75 Å². The van der Waals surface area contributed by atoms with Crippen LogP contribution in [-0.2, 0) is 4.79 Å². The molecule has 0 radical (unpaired) electrons. The molecule has 1 saturated carbocycles. The molecule has 0 aromatic heterocycles. The molecule has 2 aromatic carbocycles. The molecule has 0 atom stereocenters. The van der Waals surface area contributed by atoms with E-state index < -0.39 is 0 Å². The maximum Gasteiger partial charge on any atom is 0.258 e. The average molecular weight is 267 g/mol. The van der Waals surface area contributed by atoms with E-state index in [2.05, 4.69) is 5.32 Å². The predicted molar refractivity (Wildman–Crippen MR) is 78.5 cm³/mol. The highest BCUT2D eigenvalue weighted by Gasteiger charge is 2.23. The third kappa shape index (κ3) is 3.18. The molecule has 1 aliphatic carbocycles. The maximum atomic E-state index is 11.7. The summed E-state index contributed by atoms with van der Waals surface area (Å²) in [6.07, 6.45) is 2.18. The summed E-state index contributed by atoms with van der Waals surface area (Å²) in [5.74, 6) is 0.694. The highest BCUT2D eigenvalue weighted by molar-refractivity contribution is 5.79. The topological polar surface area (TPSA) is 38.3 Å². The van der Waals surface area contributed by atoms with Gasteiger partial charge in [-0.05, 0) is 24.5 Å². The molecule has 0 spiro atoms. The average Bonchev–Trinajstić information content (AvgIpc) is 3.30. The smallest absolute Gasteiger partial charge is 0.258 e. The van der Waals surface area contributed by atoms with Crippen LogP contribution in [0.4, 0.5) is 0 Å². The van der Waals surface area contributed by atoms with Gasteiger partial charge >= 0.3 is 0 Å². The molecule has 3 rings (SSSR count). The summed E-state index contributed by atoms with van der Waals surface area (Å²) in [7, 11) is 0. The van der Waals surface area contributed by atoms with Gasteiger partial charge in [-0.2, -0.15) is 0 Å². The second-order valence-corrected chi connectivity index (χ2v) is 4.99. The molecule has 0 aliphatic heterocycles. The highest BCUT2D eigenvalue weighted by Crippen LogP contribution is 2.29. The number of para-hydroxylation sites is 1. The number of rotatable bonds is 5. The Bertz CT molecular complexity index is 591. The first-order valence-corrected chi connectivity index (χ1v) is 6.89. The first kappa shape index (κ1) is 12.7. The Hall–Kier alpha value is -2.29. The van der Waals surface area contributed by atoms with Crippen LogP contribution in [0.1, 0.15) is 12.8 Å². The lowest BCUT2D eigenvalue weighted by molar-refractivity contribution is -0.123. The summed E-state index contributed by atoms with van der Waals surface area (Å²) in [5.41, 5.74) is 2.10. The van der Waals surface area contributed by atoms with Crippen molar-refractivity contribution in [2.24, 2.45) is 0 Å². The van der Waals surface area contributed by atoms with Crippen molar-refractivity contribution in [2.75, 3.05) is 6.61 Å². The Labute approximate surface area is 118 Å². The fourth-order valence-electron chi connectivity index (χ4n) is 2.09. The van der Waals surface area contributed by atoms with Gasteiger partial charge in [0.15, 0.2) is 6.61 Å². The quantitative estimate of drug-likeness (QED) is 0.904. The lowest BCUT2D eigenvalue weighted by Crippen LogP contribution is -2.30. The van der Waals surface area contributed by atoms with Crippen LogP contribution in [0.25, 0.3) is 11.1 Å². The molecule has 1 fully saturated rings. The van der Waals surface area contributed by atoms with E-state index in [4.69, 9.17) is 4.74 Å². The Morgan fingerprint density at radius 3 is 2.50 bits per heavy atom. The molecule has 0 heterocycles. The highest BCUT2D eigenvalue weighted by atomic mass is 16.5. The molecule has 0 bridgehead atoms. The second kappa shape index (κ2) is 5.78. The Kier molecular flexibility index (Phi) is 3.68. The number of carbonyl (C=O) groups excluding carboxylic acids is 1. The largest absolute Gasteiger partial charge is 0.483 e. The van der Waals surface area contributed by atoms with E-state index in [0.717, 1.165) is 29.7 Å². The van der Waals surface area contributed by atoms with Crippen molar-refractivity contribution in [3.63, 3.8) is 0 Å². The molecular formula is C17H17NO2. The minimum atomic E-state index is -0.0460. The third-order valence-corrected chi connectivity index (χ3v) is 3.27. The number of benzene rings is 2. The van der Waals surface area contributed by atoms with Gasteiger partial charge in [-0.25, -0.2) is 0 Å². The lowest BCUT2D eigenvalue weighted by Gasteiger charge is -2.11. The standard InChI is InChI=1S/C17H17NO2/c19-17(18-14-10-11-14)12-20-16-9-5-4-8-15(16)13-6-2-1-3-7-13/h1-9,14H,10-12H2,(H,18,19). The fourth-order valence-corrected chi connectivity index (χ4v) is 2.09. The van der Waals surface area contributed by atoms with Crippen LogP contribution >= 0.6 is 0 Å². The van der Waals surface area contributed by atoms with Crippen LogP contribution in [0, 0.1) is 0 Å². The molecule has 1 N–H and O–H groups in total. The Balaban J connectivity index is 1.71. The summed E-state index contributed by atoms with van der Waals surface area (Å²) in [4.78, 5) is 11.7. The van der Waals surface area contributed by atoms with Crippen LogP contribution < -0.4 is 10.1 Å². The number of nitrogens with one attached hydrogen (secondary N) is 1. The summed E-state index contributed by atoms with van der Waals surface area (Å²) in [5, 5.41) is 2.92. The van der Waals surface area contributed by atoms with Crippen molar-refractivity contribution in [2.45, 2.75) is 18.9 Å². The zero-order valence-electron chi connectivity index (χ0n) is 11.2. The summed E-state index contributed by atoms with van der Waals surface area (Å²) < 4.78 is 5.67. The molecule has 102 valence electrons. The van der Waals surface area contributed by atoms with Gasteiger partial charge in [0.2, 0.25) is 0 Å². The predicted octanol–water partition coefficient (Wildman–Crippen LogP) is 3.01. The molecule has 20 heavy (non-hydrogen) atoms. The zero-order chi connectivity index (χ0) is 13.8. The van der Waals surface area contributed by atoms with Crippen LogP contribution in [0.15, 0.2) is 54.6 Å². The Morgan fingerprint density at radius 1 is 1.05 bits per heavy atom. The van der Waals surface area contributed by atoms with Crippen molar-refractivity contribution in [3.05, 3.63) is 54.6 Å². The summed E-state index contributed by atoms with van der Waals surface area (Å²) in [6.45, 7) is 0.0698. The lowest BCUT2D eigenvalue weighted by atomic mass is 10.1. The van der Waals surface area contributed by atoms with Gasteiger partial charge in [0.1, 0.15) is 5.75 Å². The van der Waals surface area contributed by atoms with E-state index in [-0.39, 0.29) is 12.5 Å². The van der Waals surface area contributed by atoms with E-state index in [1.807, 2.05) is 54.6 Å². The number of carbonyl (C=O) groups is 1. The Morgan fingerprint density at radius 2 is 1.75 bits per heavy atom. The van der Waals surface area contributed by atoms with E-state index >= 15 is 0 Å². The molecule has 3 heteroatoms. The van der Waals surface area contributed by atoms with Gasteiger partial charge in [-0.1, -0.05) is 48.5 Å². The van der Waals surface area contributed by atoms with E-state index in [0.29, 0.717) is 6.04 Å². The van der Waals surface area contributed by atoms with Crippen molar-refractivity contribution < 1.29 is 9.53 Å². The SMILES string of the molecule is O=C(COc1ccccc1-c1ccccc1)NC1CC1. The first-order chi connectivity index (χ1) is 9.83. The second-order valence-electron chi connectivity index (χ2n) is 4.99. The minimum absolute atomic E-state index is 0.0460. The van der Waals surface area contributed by atoms with Gasteiger partial charge < -0.3 is 10.1 Å². The van der Waals surface area contributed by atoms with Crippen molar-refractivity contribution >= 4 is 5.91 Å². The zero-order valence-corrected chi connectivity index (χ0v) is 11.2. The van der Waals surface area contributed by atoms with E-state index in [9.17, 15) is 4.79 Å².